The molecule has 0 spiro atoms. The molecule has 26 heavy (non-hydrogen) atoms. The highest BCUT2D eigenvalue weighted by molar-refractivity contribution is 5.82. The van der Waals surface area contributed by atoms with Crippen molar-refractivity contribution in [3.05, 3.63) is 65.7 Å². The van der Waals surface area contributed by atoms with E-state index in [1.807, 2.05) is 0 Å². The second-order valence-corrected chi connectivity index (χ2v) is 6.08. The van der Waals surface area contributed by atoms with Gasteiger partial charge in [-0.2, -0.15) is 13.2 Å². The number of hydrazine groups is 1. The average Bonchev–Trinajstić information content (AvgIpc) is 3.09. The summed E-state index contributed by atoms with van der Waals surface area (Å²) in [6, 6.07) is 10.5. The van der Waals surface area contributed by atoms with Crippen LogP contribution >= 0.6 is 0 Å². The fourth-order valence-electron chi connectivity index (χ4n) is 2.96. The van der Waals surface area contributed by atoms with E-state index in [0.717, 1.165) is 0 Å². The van der Waals surface area contributed by atoms with Gasteiger partial charge in [-0.1, -0.05) is 48.5 Å². The number of carbonyl (C=O) groups is 1. The smallest absolute Gasteiger partial charge is 0.412 e. The number of nitrogens with one attached hydrogen (secondary N) is 3. The van der Waals surface area contributed by atoms with Crippen LogP contribution in [0.5, 0.6) is 5.75 Å². The van der Waals surface area contributed by atoms with Crippen LogP contribution in [0.25, 0.3) is 0 Å². The van der Waals surface area contributed by atoms with Crippen LogP contribution in [0.4, 0.5) is 13.2 Å². The van der Waals surface area contributed by atoms with Crippen LogP contribution in [0.15, 0.2) is 54.6 Å². The molecule has 8 heteroatoms. The normalized spacial score (nSPS) is 21.3. The molecule has 2 aromatic carbocycles. The summed E-state index contributed by atoms with van der Waals surface area (Å²) >= 11 is 0. The predicted octanol–water partition coefficient (Wildman–Crippen LogP) is 2.72. The first-order valence-electron chi connectivity index (χ1n) is 8.07. The molecule has 5 nitrogen and oxygen atoms in total. The molecule has 1 heterocycles. The van der Waals surface area contributed by atoms with E-state index in [1.54, 1.807) is 24.3 Å². The van der Waals surface area contributed by atoms with Crippen molar-refractivity contribution in [2.75, 3.05) is 0 Å². The zero-order chi connectivity index (χ0) is 18.7. The molecule has 2 aromatic rings. The van der Waals surface area contributed by atoms with Gasteiger partial charge in [-0.3, -0.25) is 4.79 Å². The lowest BCUT2D eigenvalue weighted by molar-refractivity contribution is -0.164. The average molecular weight is 365 g/mol. The lowest BCUT2D eigenvalue weighted by Gasteiger charge is -2.23. The van der Waals surface area contributed by atoms with Crippen molar-refractivity contribution < 1.29 is 23.1 Å². The van der Waals surface area contributed by atoms with Crippen LogP contribution < -0.4 is 16.2 Å². The number of benzene rings is 2. The third kappa shape index (κ3) is 3.97. The van der Waals surface area contributed by atoms with Gasteiger partial charge in [0.15, 0.2) is 6.04 Å². The van der Waals surface area contributed by atoms with Gasteiger partial charge in [-0.25, -0.2) is 10.9 Å². The maximum atomic E-state index is 13.4. The number of hydrogen-bond acceptors (Lipinski definition) is 4. The summed E-state index contributed by atoms with van der Waals surface area (Å²) in [4.78, 5) is 12.4. The summed E-state index contributed by atoms with van der Waals surface area (Å²) in [5.41, 5.74) is 6.09. The van der Waals surface area contributed by atoms with E-state index in [2.05, 4.69) is 16.2 Å². The van der Waals surface area contributed by atoms with Gasteiger partial charge in [0.2, 0.25) is 5.91 Å². The first-order chi connectivity index (χ1) is 12.4. The molecule has 0 bridgehead atoms. The highest BCUT2D eigenvalue weighted by Gasteiger charge is 2.43. The number of halogens is 3. The van der Waals surface area contributed by atoms with Gasteiger partial charge < -0.3 is 10.4 Å². The second kappa shape index (κ2) is 7.35. The van der Waals surface area contributed by atoms with Crippen LogP contribution in [0, 0.1) is 0 Å². The standard InChI is InChI=1S/C18H18F3N3O2/c19-18(20,21)16(11-6-2-1-3-7-11)22-17(26)14-10-13(23-24-14)12-8-4-5-9-15(12)25/h1-9,13-14,16,23-25H,10H2,(H,22,26)/t13?,14?,16-/m1/s1. The summed E-state index contributed by atoms with van der Waals surface area (Å²) in [7, 11) is 0. The van der Waals surface area contributed by atoms with Crippen LogP contribution in [0.1, 0.15) is 29.6 Å². The lowest BCUT2D eigenvalue weighted by atomic mass is 10.00. The van der Waals surface area contributed by atoms with Crippen molar-refractivity contribution >= 4 is 5.91 Å². The summed E-state index contributed by atoms with van der Waals surface area (Å²) < 4.78 is 40.1. The number of rotatable bonds is 4. The SMILES string of the molecule is O=C(N[C@H](c1ccccc1)C(F)(F)F)C1CC(c2ccccc2O)NN1. The molecule has 3 atom stereocenters. The summed E-state index contributed by atoms with van der Waals surface area (Å²) in [5, 5.41) is 12.0. The molecule has 1 fully saturated rings. The molecule has 4 N–H and O–H groups in total. The summed E-state index contributed by atoms with van der Waals surface area (Å²) in [6.07, 6.45) is -4.40. The van der Waals surface area contributed by atoms with Crippen LogP contribution in [0.2, 0.25) is 0 Å². The number of para-hydroxylation sites is 1. The van der Waals surface area contributed by atoms with E-state index < -0.39 is 24.2 Å². The van der Waals surface area contributed by atoms with E-state index >= 15 is 0 Å². The Hall–Kier alpha value is -2.58. The van der Waals surface area contributed by atoms with Gasteiger partial charge in [0.05, 0.1) is 6.04 Å². The van der Waals surface area contributed by atoms with Crippen molar-refractivity contribution in [3.63, 3.8) is 0 Å². The minimum atomic E-state index is -4.61. The Morgan fingerprint density at radius 2 is 1.73 bits per heavy atom. The van der Waals surface area contributed by atoms with Gasteiger partial charge in [-0.05, 0) is 18.1 Å². The van der Waals surface area contributed by atoms with Gasteiger partial charge in [0, 0.05) is 5.56 Å². The highest BCUT2D eigenvalue weighted by atomic mass is 19.4. The molecule has 0 aromatic heterocycles. The van der Waals surface area contributed by atoms with Crippen molar-refractivity contribution in [3.8, 4) is 5.75 Å². The summed E-state index contributed by atoms with van der Waals surface area (Å²) in [6.45, 7) is 0. The minimum absolute atomic E-state index is 0.0310. The Balaban J connectivity index is 1.70. The van der Waals surface area contributed by atoms with E-state index in [1.165, 1.54) is 30.3 Å². The molecule has 0 radical (unpaired) electrons. The Kier molecular flexibility index (Phi) is 5.15. The lowest BCUT2D eigenvalue weighted by Crippen LogP contribution is -2.47. The van der Waals surface area contributed by atoms with Crippen LogP contribution in [0.3, 0.4) is 0 Å². The quantitative estimate of drug-likeness (QED) is 0.672. The maximum absolute atomic E-state index is 13.4. The number of phenolic OH excluding ortho intramolecular Hbond substituents is 1. The number of phenols is 1. The number of amides is 1. The van der Waals surface area contributed by atoms with Crippen molar-refractivity contribution in [1.82, 2.24) is 16.2 Å². The predicted molar refractivity (Wildman–Crippen MR) is 88.9 cm³/mol. The molecule has 0 aliphatic carbocycles. The third-order valence-electron chi connectivity index (χ3n) is 4.28. The first kappa shape index (κ1) is 18.2. The Morgan fingerprint density at radius 1 is 1.08 bits per heavy atom. The van der Waals surface area contributed by atoms with Gasteiger partial charge >= 0.3 is 6.18 Å². The monoisotopic (exact) mass is 365 g/mol. The maximum Gasteiger partial charge on any atom is 0.412 e. The number of carbonyl (C=O) groups excluding carboxylic acids is 1. The molecule has 2 unspecified atom stereocenters. The molecule has 0 saturated carbocycles. The number of alkyl halides is 3. The molecule has 1 saturated heterocycles. The minimum Gasteiger partial charge on any atom is -0.508 e. The topological polar surface area (TPSA) is 73.4 Å². The zero-order valence-corrected chi connectivity index (χ0v) is 13.6. The van der Waals surface area contributed by atoms with Gasteiger partial charge in [0.1, 0.15) is 11.8 Å². The molecule has 3 rings (SSSR count). The van der Waals surface area contributed by atoms with E-state index in [4.69, 9.17) is 0 Å². The Labute approximate surface area is 148 Å². The number of hydrogen-bond donors (Lipinski definition) is 4. The highest BCUT2D eigenvalue weighted by Crippen LogP contribution is 2.33. The molecule has 1 aliphatic heterocycles. The van der Waals surface area contributed by atoms with Crippen molar-refractivity contribution in [1.29, 1.82) is 0 Å². The van der Waals surface area contributed by atoms with E-state index in [9.17, 15) is 23.1 Å². The Morgan fingerprint density at radius 3 is 2.38 bits per heavy atom. The summed E-state index contributed by atoms with van der Waals surface area (Å²) in [5.74, 6) is -0.702. The largest absolute Gasteiger partial charge is 0.508 e. The zero-order valence-electron chi connectivity index (χ0n) is 13.6. The Bertz CT molecular complexity index is 768. The second-order valence-electron chi connectivity index (χ2n) is 6.08. The van der Waals surface area contributed by atoms with Crippen LogP contribution in [-0.4, -0.2) is 23.2 Å². The fraction of sp³-hybridized carbons (Fsp3) is 0.278. The first-order valence-corrected chi connectivity index (χ1v) is 8.07. The van der Waals surface area contributed by atoms with Gasteiger partial charge in [0.25, 0.3) is 0 Å². The van der Waals surface area contributed by atoms with Crippen molar-refractivity contribution in [2.45, 2.75) is 30.7 Å². The molecule has 1 aliphatic rings. The third-order valence-corrected chi connectivity index (χ3v) is 4.28. The van der Waals surface area contributed by atoms with E-state index in [-0.39, 0.29) is 23.8 Å². The van der Waals surface area contributed by atoms with Gasteiger partial charge in [-0.15, -0.1) is 0 Å². The number of aromatic hydroxyl groups is 1. The molecule has 138 valence electrons. The van der Waals surface area contributed by atoms with Crippen molar-refractivity contribution in [2.24, 2.45) is 0 Å². The molecular weight excluding hydrogens is 347 g/mol. The van der Waals surface area contributed by atoms with E-state index in [0.29, 0.717) is 5.56 Å². The fourth-order valence-corrected chi connectivity index (χ4v) is 2.96. The van der Waals surface area contributed by atoms with Crippen LogP contribution in [-0.2, 0) is 4.79 Å². The molecule has 1 amide bonds. The molecular formula is C18H18F3N3O2.